The van der Waals surface area contributed by atoms with Crippen LogP contribution in [0.25, 0.3) is 0 Å². The van der Waals surface area contributed by atoms with E-state index in [0.29, 0.717) is 6.54 Å². The fourth-order valence-corrected chi connectivity index (χ4v) is 2.90. The Kier molecular flexibility index (Phi) is 3.23. The van der Waals surface area contributed by atoms with Crippen molar-refractivity contribution < 1.29 is 9.59 Å². The second-order valence-corrected chi connectivity index (χ2v) is 5.19. The molecule has 0 N–H and O–H groups in total. The molecule has 0 radical (unpaired) electrons. The highest BCUT2D eigenvalue weighted by Crippen LogP contribution is 2.28. The predicted molar refractivity (Wildman–Crippen MR) is 72.9 cm³/mol. The van der Waals surface area contributed by atoms with E-state index in [1.165, 1.54) is 5.56 Å². The molecule has 3 rings (SSSR count). The number of carbonyl (C=O) groups excluding carboxylic acids is 2. The fraction of sp³-hybridized carbons (Fsp3) is 0.467. The number of para-hydroxylation sites is 1. The van der Waals surface area contributed by atoms with Gasteiger partial charge in [-0.3, -0.25) is 9.59 Å². The van der Waals surface area contributed by atoms with Crippen LogP contribution in [-0.2, 0) is 16.0 Å². The zero-order chi connectivity index (χ0) is 13.2. The molecule has 100 valence electrons. The maximum Gasteiger partial charge on any atom is 0.236 e. The van der Waals surface area contributed by atoms with Gasteiger partial charge in [-0.15, -0.1) is 0 Å². The number of hydrogen-bond acceptors (Lipinski definition) is 2. The van der Waals surface area contributed by atoms with Gasteiger partial charge in [-0.25, -0.2) is 0 Å². The first-order valence-corrected chi connectivity index (χ1v) is 6.92. The summed E-state index contributed by atoms with van der Waals surface area (Å²) in [5.74, 6) is -0.0891. The van der Waals surface area contributed by atoms with Crippen molar-refractivity contribution in [3.8, 4) is 0 Å². The number of nitrogens with zero attached hydrogens (tertiary/aromatic N) is 2. The SMILES string of the molecule is O=C(CC(=O)N1CCc2ccccc21)N1CCCC1. The zero-order valence-corrected chi connectivity index (χ0v) is 11.0. The Morgan fingerprint density at radius 3 is 2.53 bits per heavy atom. The van der Waals surface area contributed by atoms with Crippen molar-refractivity contribution in [2.75, 3.05) is 24.5 Å². The molecule has 0 unspecified atom stereocenters. The van der Waals surface area contributed by atoms with E-state index in [2.05, 4.69) is 0 Å². The zero-order valence-electron chi connectivity index (χ0n) is 11.0. The molecule has 4 heteroatoms. The van der Waals surface area contributed by atoms with Crippen molar-refractivity contribution in [3.05, 3.63) is 29.8 Å². The molecule has 0 bridgehead atoms. The van der Waals surface area contributed by atoms with Crippen LogP contribution in [-0.4, -0.2) is 36.3 Å². The normalized spacial score (nSPS) is 17.7. The summed E-state index contributed by atoms with van der Waals surface area (Å²) in [5, 5.41) is 0. The molecule has 4 nitrogen and oxygen atoms in total. The van der Waals surface area contributed by atoms with Crippen LogP contribution in [0, 0.1) is 0 Å². The lowest BCUT2D eigenvalue weighted by atomic mass is 10.2. The highest BCUT2D eigenvalue weighted by atomic mass is 16.2. The molecule has 0 aliphatic carbocycles. The number of rotatable bonds is 2. The highest BCUT2D eigenvalue weighted by Gasteiger charge is 2.27. The van der Waals surface area contributed by atoms with Crippen LogP contribution < -0.4 is 4.90 Å². The van der Waals surface area contributed by atoms with Crippen LogP contribution >= 0.6 is 0 Å². The summed E-state index contributed by atoms with van der Waals surface area (Å²) in [4.78, 5) is 27.8. The average molecular weight is 258 g/mol. The summed E-state index contributed by atoms with van der Waals surface area (Å²) >= 11 is 0. The molecule has 2 aliphatic rings. The van der Waals surface area contributed by atoms with Crippen molar-refractivity contribution in [2.24, 2.45) is 0 Å². The van der Waals surface area contributed by atoms with Crippen LogP contribution in [0.3, 0.4) is 0 Å². The topological polar surface area (TPSA) is 40.6 Å². The Labute approximate surface area is 113 Å². The van der Waals surface area contributed by atoms with Gasteiger partial charge in [-0.1, -0.05) is 18.2 Å². The van der Waals surface area contributed by atoms with E-state index in [4.69, 9.17) is 0 Å². The summed E-state index contributed by atoms with van der Waals surface area (Å²) in [7, 11) is 0. The number of benzene rings is 1. The standard InChI is InChI=1S/C15H18N2O2/c18-14(16-8-3-4-9-16)11-15(19)17-10-7-12-5-1-2-6-13(12)17/h1-2,5-6H,3-4,7-11H2. The molecular formula is C15H18N2O2. The summed E-state index contributed by atoms with van der Waals surface area (Å²) < 4.78 is 0. The molecule has 0 spiro atoms. The summed E-state index contributed by atoms with van der Waals surface area (Å²) in [6.07, 6.45) is 3.02. The predicted octanol–water partition coefficient (Wildman–Crippen LogP) is 1.59. The van der Waals surface area contributed by atoms with Gasteiger partial charge in [0.25, 0.3) is 0 Å². The third-order valence-electron chi connectivity index (χ3n) is 3.95. The van der Waals surface area contributed by atoms with Crippen molar-refractivity contribution in [1.29, 1.82) is 0 Å². The quantitative estimate of drug-likeness (QED) is 0.756. The van der Waals surface area contributed by atoms with Gasteiger partial charge in [-0.05, 0) is 30.9 Å². The van der Waals surface area contributed by atoms with Crippen molar-refractivity contribution >= 4 is 17.5 Å². The lowest BCUT2D eigenvalue weighted by Crippen LogP contribution is -2.36. The average Bonchev–Trinajstić information content (AvgIpc) is 3.08. The van der Waals surface area contributed by atoms with Crippen molar-refractivity contribution in [1.82, 2.24) is 4.90 Å². The van der Waals surface area contributed by atoms with Gasteiger partial charge in [0.2, 0.25) is 11.8 Å². The van der Waals surface area contributed by atoms with Crippen LogP contribution in [0.4, 0.5) is 5.69 Å². The molecule has 2 amide bonds. The summed E-state index contributed by atoms with van der Waals surface area (Å²) in [6.45, 7) is 2.32. The van der Waals surface area contributed by atoms with Crippen molar-refractivity contribution in [3.63, 3.8) is 0 Å². The number of amides is 2. The third kappa shape index (κ3) is 2.35. The molecule has 19 heavy (non-hydrogen) atoms. The molecule has 2 aliphatic heterocycles. The van der Waals surface area contributed by atoms with E-state index >= 15 is 0 Å². The molecule has 0 aromatic heterocycles. The minimum Gasteiger partial charge on any atom is -0.342 e. The van der Waals surface area contributed by atoms with Crippen LogP contribution in [0.15, 0.2) is 24.3 Å². The first kappa shape index (κ1) is 12.2. The maximum atomic E-state index is 12.3. The number of anilines is 1. The Morgan fingerprint density at radius 2 is 1.74 bits per heavy atom. The van der Waals surface area contributed by atoms with E-state index in [1.54, 1.807) is 9.80 Å². The summed E-state index contributed by atoms with van der Waals surface area (Å²) in [6, 6.07) is 7.93. The first-order chi connectivity index (χ1) is 9.25. The number of fused-ring (bicyclic) bond motifs is 1. The lowest BCUT2D eigenvalue weighted by molar-refractivity contribution is -0.134. The Morgan fingerprint density at radius 1 is 1.00 bits per heavy atom. The van der Waals surface area contributed by atoms with Gasteiger partial charge in [0, 0.05) is 25.3 Å². The Bertz CT molecular complexity index is 507. The Hall–Kier alpha value is -1.84. The lowest BCUT2D eigenvalue weighted by Gasteiger charge is -2.20. The molecule has 1 fully saturated rings. The molecule has 1 saturated heterocycles. The second-order valence-electron chi connectivity index (χ2n) is 5.19. The molecule has 1 aromatic rings. The van der Waals surface area contributed by atoms with E-state index in [0.717, 1.165) is 38.0 Å². The molecule has 0 saturated carbocycles. The van der Waals surface area contributed by atoms with Gasteiger partial charge in [-0.2, -0.15) is 0 Å². The Balaban J connectivity index is 1.67. The smallest absolute Gasteiger partial charge is 0.236 e. The third-order valence-corrected chi connectivity index (χ3v) is 3.95. The first-order valence-electron chi connectivity index (χ1n) is 6.92. The minimum atomic E-state index is -0.0677. The fourth-order valence-electron chi connectivity index (χ4n) is 2.90. The van der Waals surface area contributed by atoms with Crippen LogP contribution in [0.2, 0.25) is 0 Å². The number of likely N-dealkylation sites (tertiary alicyclic amines) is 1. The highest BCUT2D eigenvalue weighted by molar-refractivity contribution is 6.06. The largest absolute Gasteiger partial charge is 0.342 e. The van der Waals surface area contributed by atoms with Gasteiger partial charge < -0.3 is 9.80 Å². The maximum absolute atomic E-state index is 12.3. The monoisotopic (exact) mass is 258 g/mol. The summed E-state index contributed by atoms with van der Waals surface area (Å²) in [5.41, 5.74) is 2.17. The minimum absolute atomic E-state index is 0.00827. The van der Waals surface area contributed by atoms with E-state index in [1.807, 2.05) is 24.3 Å². The van der Waals surface area contributed by atoms with Gasteiger partial charge in [0.1, 0.15) is 6.42 Å². The number of carbonyl (C=O) groups is 2. The van der Waals surface area contributed by atoms with Crippen LogP contribution in [0.1, 0.15) is 24.8 Å². The molecular weight excluding hydrogens is 240 g/mol. The van der Waals surface area contributed by atoms with E-state index in [9.17, 15) is 9.59 Å². The molecule has 0 atom stereocenters. The number of hydrogen-bond donors (Lipinski definition) is 0. The molecule has 2 heterocycles. The molecule has 1 aromatic carbocycles. The van der Waals surface area contributed by atoms with E-state index in [-0.39, 0.29) is 18.2 Å². The van der Waals surface area contributed by atoms with Gasteiger partial charge in [0.05, 0.1) is 0 Å². The van der Waals surface area contributed by atoms with Gasteiger partial charge in [0.15, 0.2) is 0 Å². The van der Waals surface area contributed by atoms with Gasteiger partial charge >= 0.3 is 0 Å². The van der Waals surface area contributed by atoms with Crippen molar-refractivity contribution in [2.45, 2.75) is 25.7 Å². The van der Waals surface area contributed by atoms with Crippen LogP contribution in [0.5, 0.6) is 0 Å². The second kappa shape index (κ2) is 5.03. The van der Waals surface area contributed by atoms with E-state index < -0.39 is 0 Å².